The summed E-state index contributed by atoms with van der Waals surface area (Å²) in [7, 11) is 0. The first-order valence-corrected chi connectivity index (χ1v) is 11.0. The smallest absolute Gasteiger partial charge is 0.273 e. The zero-order chi connectivity index (χ0) is 23.4. The van der Waals surface area contributed by atoms with Crippen molar-refractivity contribution in [2.24, 2.45) is 0 Å². The Bertz CT molecular complexity index is 1050. The molecule has 2 aromatic carbocycles. The molecule has 0 spiro atoms. The minimum Gasteiger partial charge on any atom is -0.292 e. The third-order valence-electron chi connectivity index (χ3n) is 4.95. The average Bonchev–Trinajstić information content (AvgIpc) is 2.77. The fraction of sp³-hybridized carbons (Fsp3) is 0.273. The monoisotopic (exact) mass is 498 g/mol. The van der Waals surface area contributed by atoms with Gasteiger partial charge in [-0.2, -0.15) is 5.01 Å². The molecule has 32 heavy (non-hydrogen) atoms. The van der Waals surface area contributed by atoms with E-state index in [9.17, 15) is 23.6 Å². The Hall–Kier alpha value is -2.48. The van der Waals surface area contributed by atoms with Gasteiger partial charge in [0, 0.05) is 29.8 Å². The van der Waals surface area contributed by atoms with E-state index in [1.165, 1.54) is 30.3 Å². The highest BCUT2D eigenvalue weighted by molar-refractivity contribution is 6.42. The topological polar surface area (TPSA) is 74.8 Å². The van der Waals surface area contributed by atoms with Gasteiger partial charge in [0.15, 0.2) is 5.78 Å². The lowest BCUT2D eigenvalue weighted by atomic mass is 10.00. The van der Waals surface area contributed by atoms with E-state index >= 15 is 0 Å². The summed E-state index contributed by atoms with van der Waals surface area (Å²) in [6.07, 6.45) is 0.362. The molecule has 1 saturated heterocycles. The van der Waals surface area contributed by atoms with Crippen molar-refractivity contribution < 1.29 is 23.6 Å². The number of hydrazine groups is 1. The lowest BCUT2D eigenvalue weighted by Gasteiger charge is -2.39. The lowest BCUT2D eigenvalue weighted by Crippen LogP contribution is -2.60. The Morgan fingerprint density at radius 1 is 0.969 bits per heavy atom. The normalized spacial score (nSPS) is 14.9. The van der Waals surface area contributed by atoms with Crippen molar-refractivity contribution >= 4 is 58.3 Å². The van der Waals surface area contributed by atoms with Crippen LogP contribution in [0.2, 0.25) is 10.0 Å². The highest BCUT2D eigenvalue weighted by atomic mass is 35.5. The van der Waals surface area contributed by atoms with Crippen LogP contribution in [0.1, 0.15) is 46.4 Å². The molecule has 0 radical (unpaired) electrons. The highest BCUT2D eigenvalue weighted by Crippen LogP contribution is 2.27. The summed E-state index contributed by atoms with van der Waals surface area (Å²) in [4.78, 5) is 52.2. The Morgan fingerprint density at radius 3 is 2.12 bits per heavy atom. The van der Waals surface area contributed by atoms with Crippen LogP contribution in [-0.2, 0) is 9.59 Å². The highest BCUT2D eigenvalue weighted by Gasteiger charge is 2.41. The molecule has 1 atom stereocenters. The van der Waals surface area contributed by atoms with Gasteiger partial charge < -0.3 is 0 Å². The van der Waals surface area contributed by atoms with Gasteiger partial charge in [0.2, 0.25) is 11.8 Å². The number of halogens is 4. The fourth-order valence-electron chi connectivity index (χ4n) is 3.39. The molecule has 0 unspecified atom stereocenters. The molecule has 2 aromatic rings. The SMILES string of the molecule is O=C(c1ccc(F)cc1)[C@H](CCCl)N(C(=O)c1ccc(Cl)c(Cl)c1)N1C(=O)CCCC1=O. The number of amides is 3. The molecule has 0 N–H and O–H groups in total. The van der Waals surface area contributed by atoms with Gasteiger partial charge in [0.25, 0.3) is 5.91 Å². The van der Waals surface area contributed by atoms with Gasteiger partial charge in [0.05, 0.1) is 10.0 Å². The summed E-state index contributed by atoms with van der Waals surface area (Å²) in [5, 5.41) is 1.86. The molecule has 1 heterocycles. The Morgan fingerprint density at radius 2 is 1.56 bits per heavy atom. The summed E-state index contributed by atoms with van der Waals surface area (Å²) < 4.78 is 13.4. The van der Waals surface area contributed by atoms with E-state index in [2.05, 4.69) is 0 Å². The second-order valence-corrected chi connectivity index (χ2v) is 8.29. The van der Waals surface area contributed by atoms with Crippen LogP contribution in [0.4, 0.5) is 4.39 Å². The van der Waals surface area contributed by atoms with Crippen molar-refractivity contribution in [3.8, 4) is 0 Å². The number of nitrogens with zero attached hydrogens (tertiary/aromatic N) is 2. The predicted molar refractivity (Wildman–Crippen MR) is 118 cm³/mol. The molecule has 3 amide bonds. The second kappa shape index (κ2) is 10.4. The number of rotatable bonds is 7. The van der Waals surface area contributed by atoms with Crippen LogP contribution in [0, 0.1) is 5.82 Å². The summed E-state index contributed by atoms with van der Waals surface area (Å²) in [5.41, 5.74) is 0.127. The Labute approximate surface area is 198 Å². The van der Waals surface area contributed by atoms with Gasteiger partial charge in [-0.1, -0.05) is 23.2 Å². The molecule has 10 heteroatoms. The molecule has 1 fully saturated rings. The standard InChI is InChI=1S/C22H18Cl3FN2O4/c23-11-10-18(21(31)13-4-7-15(26)8-5-13)27(28-19(29)2-1-3-20(28)30)22(32)14-6-9-16(24)17(25)12-14/h4-9,12,18H,1-3,10-11H2/t18-/m0/s1. The zero-order valence-corrected chi connectivity index (χ0v) is 19.0. The number of hydrogen-bond donors (Lipinski definition) is 0. The van der Waals surface area contributed by atoms with Crippen LogP contribution in [0.3, 0.4) is 0 Å². The average molecular weight is 500 g/mol. The van der Waals surface area contributed by atoms with E-state index in [1.54, 1.807) is 0 Å². The number of hydrogen-bond acceptors (Lipinski definition) is 4. The van der Waals surface area contributed by atoms with Crippen molar-refractivity contribution in [1.29, 1.82) is 0 Å². The van der Waals surface area contributed by atoms with Gasteiger partial charge >= 0.3 is 0 Å². The number of benzene rings is 2. The Balaban J connectivity index is 2.11. The molecule has 1 aliphatic rings. The van der Waals surface area contributed by atoms with E-state index in [1.807, 2.05) is 0 Å². The van der Waals surface area contributed by atoms with E-state index in [-0.39, 0.29) is 46.3 Å². The maximum Gasteiger partial charge on any atom is 0.273 e. The number of Topliss-reactive ketones (excluding diaryl/α,β-unsaturated/α-hetero) is 1. The number of piperidine rings is 1. The third kappa shape index (κ3) is 5.11. The van der Waals surface area contributed by atoms with Gasteiger partial charge in [-0.3, -0.25) is 19.2 Å². The van der Waals surface area contributed by atoms with Gasteiger partial charge in [-0.15, -0.1) is 11.6 Å². The van der Waals surface area contributed by atoms with Crippen molar-refractivity contribution in [1.82, 2.24) is 10.0 Å². The molecule has 6 nitrogen and oxygen atoms in total. The first kappa shape index (κ1) is 24.2. The number of carbonyl (C=O) groups is 4. The number of carbonyl (C=O) groups excluding carboxylic acids is 4. The van der Waals surface area contributed by atoms with Crippen LogP contribution in [0.15, 0.2) is 42.5 Å². The first-order chi connectivity index (χ1) is 15.2. The molecule has 1 aliphatic heterocycles. The maximum atomic E-state index is 13.5. The van der Waals surface area contributed by atoms with Crippen molar-refractivity contribution in [2.75, 3.05) is 5.88 Å². The fourth-order valence-corrected chi connectivity index (χ4v) is 3.89. The minimum atomic E-state index is -1.29. The maximum absolute atomic E-state index is 13.5. The van der Waals surface area contributed by atoms with Crippen LogP contribution >= 0.6 is 34.8 Å². The van der Waals surface area contributed by atoms with E-state index < -0.39 is 35.4 Å². The lowest BCUT2D eigenvalue weighted by molar-refractivity contribution is -0.165. The summed E-state index contributed by atoms with van der Waals surface area (Å²) in [6, 6.07) is 7.52. The molecule has 168 valence electrons. The largest absolute Gasteiger partial charge is 0.292 e. The van der Waals surface area contributed by atoms with Crippen molar-refractivity contribution in [3.05, 3.63) is 69.5 Å². The number of alkyl halides is 1. The number of imide groups is 1. The quantitative estimate of drug-likeness (QED) is 0.308. The first-order valence-electron chi connectivity index (χ1n) is 9.74. The molecule has 0 bridgehead atoms. The second-order valence-electron chi connectivity index (χ2n) is 7.10. The molecule has 3 rings (SSSR count). The molecular weight excluding hydrogens is 482 g/mol. The van der Waals surface area contributed by atoms with E-state index in [4.69, 9.17) is 34.8 Å². The summed E-state index contributed by atoms with van der Waals surface area (Å²) in [5.74, 6) is -3.19. The van der Waals surface area contributed by atoms with Crippen LogP contribution in [0.5, 0.6) is 0 Å². The minimum absolute atomic E-state index is 0.0250. The van der Waals surface area contributed by atoms with E-state index in [0.29, 0.717) is 11.4 Å². The molecular formula is C22H18Cl3FN2O4. The van der Waals surface area contributed by atoms with Gasteiger partial charge in [-0.05, 0) is 55.3 Å². The van der Waals surface area contributed by atoms with Gasteiger partial charge in [0.1, 0.15) is 11.9 Å². The predicted octanol–water partition coefficient (Wildman–Crippen LogP) is 4.91. The number of ketones is 1. The summed E-state index contributed by atoms with van der Waals surface area (Å²) >= 11 is 17.9. The Kier molecular flexibility index (Phi) is 7.87. The molecule has 0 aliphatic carbocycles. The third-order valence-corrected chi connectivity index (χ3v) is 5.91. The van der Waals surface area contributed by atoms with Crippen molar-refractivity contribution in [2.45, 2.75) is 31.7 Å². The van der Waals surface area contributed by atoms with E-state index in [0.717, 1.165) is 17.1 Å². The molecule has 0 saturated carbocycles. The van der Waals surface area contributed by atoms with Crippen molar-refractivity contribution in [3.63, 3.8) is 0 Å². The van der Waals surface area contributed by atoms with Gasteiger partial charge in [-0.25, -0.2) is 9.40 Å². The summed E-state index contributed by atoms with van der Waals surface area (Å²) in [6.45, 7) is 0. The van der Waals surface area contributed by atoms with Crippen LogP contribution in [-0.4, -0.2) is 45.4 Å². The zero-order valence-electron chi connectivity index (χ0n) is 16.7. The van der Waals surface area contributed by atoms with Crippen LogP contribution in [0.25, 0.3) is 0 Å². The molecule has 0 aromatic heterocycles. The van der Waals surface area contributed by atoms with Crippen LogP contribution < -0.4 is 0 Å².